The fourth-order valence-electron chi connectivity index (χ4n) is 7.50. The van der Waals surface area contributed by atoms with Gasteiger partial charge in [-0.15, -0.1) is 0 Å². The zero-order valence-electron chi connectivity index (χ0n) is 34.9. The maximum Gasteiger partial charge on any atom is 0.164 e. The Bertz CT molecular complexity index is 2970. The van der Waals surface area contributed by atoms with Gasteiger partial charge in [0, 0.05) is 61.1 Å². The summed E-state index contributed by atoms with van der Waals surface area (Å²) in [6, 6.07) is 54.7. The molecule has 9 nitrogen and oxygen atoms in total. The van der Waals surface area contributed by atoms with Gasteiger partial charge in [-0.3, -0.25) is 0 Å². The second-order valence-corrected chi connectivity index (χ2v) is 14.9. The Morgan fingerprint density at radius 1 is 0.556 bits per heavy atom. The molecular formula is C54H41N9. The number of nitrogens with zero attached hydrogens (tertiary/aromatic N) is 8. The fraction of sp³-hybridized carbons (Fsp3) is 0.0556. The first-order valence-corrected chi connectivity index (χ1v) is 20.6. The van der Waals surface area contributed by atoms with Crippen molar-refractivity contribution in [2.24, 2.45) is 0 Å². The van der Waals surface area contributed by atoms with Crippen molar-refractivity contribution in [2.75, 3.05) is 0 Å². The normalized spacial score (nSPS) is 11.9. The standard InChI is InChI=1S/C54H41N9/c1-5-35(3)56-46(31-37(6-2)34-55)36(4)63-47-32-42(53-59-49(38-19-11-7-12-20-38)57-50(60-53)39-21-13-8-14-22-39)27-29-44(47)45-30-28-43(33-48(45)63)54-61-51(40-23-15-9-16-24-40)58-52(62-54)41-25-17-10-18-26-41/h5,7-33,56H,1,3,6H2,2,4H3/b37-31+,46-36-. The van der Waals surface area contributed by atoms with E-state index in [1.165, 1.54) is 0 Å². The Morgan fingerprint density at radius 3 is 1.22 bits per heavy atom. The first kappa shape index (κ1) is 39.8. The number of fused-ring (bicyclic) bond motifs is 3. The van der Waals surface area contributed by atoms with Gasteiger partial charge in [-0.1, -0.05) is 166 Å². The van der Waals surface area contributed by atoms with Gasteiger partial charge in [0.15, 0.2) is 34.9 Å². The molecule has 0 aliphatic heterocycles. The molecule has 0 saturated carbocycles. The molecule has 0 spiro atoms. The summed E-state index contributed by atoms with van der Waals surface area (Å²) in [5.41, 5.74) is 9.68. The lowest BCUT2D eigenvalue weighted by molar-refractivity contribution is 1.01. The molecule has 0 fully saturated rings. The van der Waals surface area contributed by atoms with E-state index in [1.807, 2.05) is 141 Å². The van der Waals surface area contributed by atoms with Gasteiger partial charge < -0.3 is 9.88 Å². The van der Waals surface area contributed by atoms with Gasteiger partial charge in [0.25, 0.3) is 0 Å². The number of nitrogens with one attached hydrogen (secondary N) is 1. The first-order chi connectivity index (χ1) is 30.9. The second-order valence-electron chi connectivity index (χ2n) is 14.9. The van der Waals surface area contributed by atoms with Crippen LogP contribution in [0.4, 0.5) is 0 Å². The van der Waals surface area contributed by atoms with Gasteiger partial charge in [0.1, 0.15) is 0 Å². The molecular weight excluding hydrogens is 775 g/mol. The monoisotopic (exact) mass is 815 g/mol. The highest BCUT2D eigenvalue weighted by molar-refractivity contribution is 6.11. The second kappa shape index (κ2) is 17.5. The van der Waals surface area contributed by atoms with Crippen molar-refractivity contribution in [2.45, 2.75) is 20.3 Å². The van der Waals surface area contributed by atoms with Gasteiger partial charge in [0.05, 0.1) is 22.8 Å². The van der Waals surface area contributed by atoms with Crippen LogP contribution in [0.15, 0.2) is 200 Å². The number of nitriles is 1. The Hall–Kier alpha value is -8.61. The Morgan fingerprint density at radius 2 is 0.905 bits per heavy atom. The SMILES string of the molecule is C=CC(=C)NC(/C=C(/C#N)CC)=C(/C)n1c2cc(-c3nc(-c4ccccc4)nc(-c4ccccc4)n3)ccc2c2ccc(-c3nc(-c4ccccc4)nc(-c4ccccc4)n3)cc21. The number of benzene rings is 6. The molecule has 9 rings (SSSR count). The molecule has 3 aromatic heterocycles. The highest BCUT2D eigenvalue weighted by atomic mass is 15.1. The number of allylic oxidation sites excluding steroid dienone is 4. The molecule has 63 heavy (non-hydrogen) atoms. The van der Waals surface area contributed by atoms with Gasteiger partial charge >= 0.3 is 0 Å². The van der Waals surface area contributed by atoms with Crippen LogP contribution in [0.1, 0.15) is 20.3 Å². The van der Waals surface area contributed by atoms with Crippen LogP contribution in [-0.2, 0) is 0 Å². The van der Waals surface area contributed by atoms with Crippen LogP contribution >= 0.6 is 0 Å². The maximum atomic E-state index is 10.1. The van der Waals surface area contributed by atoms with Crippen molar-refractivity contribution in [3.8, 4) is 74.4 Å². The van der Waals surface area contributed by atoms with E-state index in [9.17, 15) is 5.26 Å². The minimum Gasteiger partial charge on any atom is -0.355 e. The lowest BCUT2D eigenvalue weighted by Gasteiger charge is -2.16. The van der Waals surface area contributed by atoms with Crippen LogP contribution in [0.25, 0.3) is 95.8 Å². The Balaban J connectivity index is 1.31. The Labute approximate surface area is 365 Å². The molecule has 0 amide bonds. The number of hydrogen-bond donors (Lipinski definition) is 1. The van der Waals surface area contributed by atoms with E-state index >= 15 is 0 Å². The van der Waals surface area contributed by atoms with E-state index in [1.54, 1.807) is 6.08 Å². The molecule has 3 heterocycles. The molecule has 6 aromatic carbocycles. The van der Waals surface area contributed by atoms with Gasteiger partial charge in [-0.2, -0.15) is 5.26 Å². The summed E-state index contributed by atoms with van der Waals surface area (Å²) in [4.78, 5) is 30.1. The van der Waals surface area contributed by atoms with Crippen LogP contribution in [0.5, 0.6) is 0 Å². The quantitative estimate of drug-likeness (QED) is 0.0956. The average molecular weight is 816 g/mol. The maximum absolute atomic E-state index is 10.1. The molecule has 0 bridgehead atoms. The van der Waals surface area contributed by atoms with Crippen LogP contribution in [0.2, 0.25) is 0 Å². The fourth-order valence-corrected chi connectivity index (χ4v) is 7.50. The summed E-state index contributed by atoms with van der Waals surface area (Å²) in [6.07, 6.45) is 4.09. The van der Waals surface area contributed by atoms with E-state index in [2.05, 4.69) is 65.5 Å². The van der Waals surface area contributed by atoms with Crippen molar-refractivity contribution in [1.29, 1.82) is 5.26 Å². The summed E-state index contributed by atoms with van der Waals surface area (Å²) in [5.74, 6) is 3.37. The van der Waals surface area contributed by atoms with Crippen LogP contribution < -0.4 is 5.32 Å². The van der Waals surface area contributed by atoms with Crippen LogP contribution in [0.3, 0.4) is 0 Å². The number of rotatable bonds is 12. The predicted molar refractivity (Wildman–Crippen MR) is 254 cm³/mol. The number of aromatic nitrogens is 7. The minimum atomic E-state index is 0.534. The third-order valence-electron chi connectivity index (χ3n) is 10.8. The smallest absolute Gasteiger partial charge is 0.164 e. The Kier molecular flexibility index (Phi) is 11.1. The number of hydrogen-bond acceptors (Lipinski definition) is 8. The highest BCUT2D eigenvalue weighted by Gasteiger charge is 2.20. The zero-order valence-corrected chi connectivity index (χ0v) is 34.9. The van der Waals surface area contributed by atoms with Gasteiger partial charge in [-0.25, -0.2) is 29.9 Å². The predicted octanol–water partition coefficient (Wildman–Crippen LogP) is 12.5. The van der Waals surface area contributed by atoms with Crippen molar-refractivity contribution in [3.05, 3.63) is 200 Å². The van der Waals surface area contributed by atoms with E-state index < -0.39 is 0 Å². The molecule has 0 saturated heterocycles. The molecule has 302 valence electrons. The molecule has 0 unspecified atom stereocenters. The van der Waals surface area contributed by atoms with Crippen molar-refractivity contribution in [3.63, 3.8) is 0 Å². The van der Waals surface area contributed by atoms with Crippen molar-refractivity contribution >= 4 is 27.5 Å². The summed E-state index contributed by atoms with van der Waals surface area (Å²) in [5, 5.41) is 15.6. The van der Waals surface area contributed by atoms with E-state index in [0.717, 1.165) is 60.9 Å². The molecule has 0 atom stereocenters. The van der Waals surface area contributed by atoms with Crippen LogP contribution in [0, 0.1) is 11.3 Å². The molecule has 9 heteroatoms. The van der Waals surface area contributed by atoms with Gasteiger partial charge in [-0.05, 0) is 37.6 Å². The van der Waals surface area contributed by atoms with E-state index in [0.29, 0.717) is 58.3 Å². The summed E-state index contributed by atoms with van der Waals surface area (Å²) in [7, 11) is 0. The lowest BCUT2D eigenvalue weighted by atomic mass is 10.1. The third-order valence-corrected chi connectivity index (χ3v) is 10.8. The third kappa shape index (κ3) is 8.17. The van der Waals surface area contributed by atoms with Crippen LogP contribution in [-0.4, -0.2) is 34.5 Å². The lowest BCUT2D eigenvalue weighted by Crippen LogP contribution is -2.13. The molecule has 9 aromatic rings. The zero-order chi connectivity index (χ0) is 43.3. The molecule has 1 N–H and O–H groups in total. The van der Waals surface area contributed by atoms with Crippen molar-refractivity contribution < 1.29 is 0 Å². The van der Waals surface area contributed by atoms with E-state index in [-0.39, 0.29) is 0 Å². The highest BCUT2D eigenvalue weighted by Crippen LogP contribution is 2.38. The molecule has 0 aliphatic carbocycles. The van der Waals surface area contributed by atoms with Crippen molar-refractivity contribution in [1.82, 2.24) is 39.8 Å². The molecule has 0 radical (unpaired) electrons. The van der Waals surface area contributed by atoms with E-state index in [4.69, 9.17) is 29.9 Å². The minimum absolute atomic E-state index is 0.534. The summed E-state index contributed by atoms with van der Waals surface area (Å²) < 4.78 is 2.20. The largest absolute Gasteiger partial charge is 0.355 e. The average Bonchev–Trinajstić information content (AvgIpc) is 3.68. The summed E-state index contributed by atoms with van der Waals surface area (Å²) in [6.45, 7) is 12.1. The summed E-state index contributed by atoms with van der Waals surface area (Å²) >= 11 is 0. The van der Waals surface area contributed by atoms with Gasteiger partial charge in [0.2, 0.25) is 0 Å². The first-order valence-electron chi connectivity index (χ1n) is 20.6. The topological polar surface area (TPSA) is 118 Å². The molecule has 0 aliphatic rings.